The van der Waals surface area contributed by atoms with Crippen molar-refractivity contribution >= 4 is 23.5 Å². The first-order chi connectivity index (χ1) is 14.3. The van der Waals surface area contributed by atoms with Crippen LogP contribution < -0.4 is 0 Å². The van der Waals surface area contributed by atoms with Gasteiger partial charge in [0.05, 0.1) is 18.5 Å². The van der Waals surface area contributed by atoms with E-state index in [1.165, 1.54) is 9.79 Å². The smallest absolute Gasteiger partial charge is 0.124 e. The van der Waals surface area contributed by atoms with E-state index in [1.807, 2.05) is 24.3 Å². The molecule has 0 aliphatic carbocycles. The molecule has 3 aromatic carbocycles. The Morgan fingerprint density at radius 3 is 1.90 bits per heavy atom. The molecule has 0 radical (unpaired) electrons. The van der Waals surface area contributed by atoms with Crippen molar-refractivity contribution in [3.63, 3.8) is 0 Å². The lowest BCUT2D eigenvalue weighted by Crippen LogP contribution is -2.45. The van der Waals surface area contributed by atoms with Gasteiger partial charge in [-0.15, -0.1) is 11.8 Å². The Hall–Kier alpha value is -1.76. The van der Waals surface area contributed by atoms with E-state index in [-0.39, 0.29) is 5.25 Å². The standard InChI is InChI=1S/C24H25NO2S2/c26-24(25-15-17-27-18-16-25)23(29-21-9-5-2-6-10-21)19-11-13-22(14-12-19)28-20-7-3-1-4-8-20/h1-14,23-24,26H,15-18H2/t23-,24+/m1/s1. The van der Waals surface area contributed by atoms with Crippen LogP contribution in [0.2, 0.25) is 0 Å². The fourth-order valence-electron chi connectivity index (χ4n) is 3.33. The molecular formula is C24H25NO2S2. The third-order valence-electron chi connectivity index (χ3n) is 4.88. The summed E-state index contributed by atoms with van der Waals surface area (Å²) < 4.78 is 5.46. The highest BCUT2D eigenvalue weighted by Gasteiger charge is 2.29. The lowest BCUT2D eigenvalue weighted by molar-refractivity contribution is -0.0589. The molecule has 0 unspecified atom stereocenters. The summed E-state index contributed by atoms with van der Waals surface area (Å²) >= 11 is 3.47. The summed E-state index contributed by atoms with van der Waals surface area (Å²) in [5, 5.41) is 11.1. The molecule has 4 rings (SSSR count). The van der Waals surface area contributed by atoms with E-state index >= 15 is 0 Å². The molecule has 3 aromatic rings. The van der Waals surface area contributed by atoms with Crippen molar-refractivity contribution in [1.82, 2.24) is 4.90 Å². The SMILES string of the molecule is O[C@@H]([C@H](Sc1ccccc1)c1ccc(Sc2ccccc2)cc1)N1CCOCC1. The second kappa shape index (κ2) is 10.3. The van der Waals surface area contributed by atoms with Gasteiger partial charge in [-0.3, -0.25) is 4.90 Å². The van der Waals surface area contributed by atoms with Crippen molar-refractivity contribution in [1.29, 1.82) is 0 Å². The van der Waals surface area contributed by atoms with Crippen LogP contribution in [0.1, 0.15) is 10.8 Å². The van der Waals surface area contributed by atoms with Crippen LogP contribution >= 0.6 is 23.5 Å². The molecule has 150 valence electrons. The molecule has 0 saturated carbocycles. The van der Waals surface area contributed by atoms with Gasteiger partial charge in [0.25, 0.3) is 0 Å². The number of nitrogens with zero attached hydrogens (tertiary/aromatic N) is 1. The zero-order chi connectivity index (χ0) is 19.9. The molecule has 1 aliphatic heterocycles. The Morgan fingerprint density at radius 1 is 0.724 bits per heavy atom. The van der Waals surface area contributed by atoms with Crippen LogP contribution in [0.25, 0.3) is 0 Å². The predicted octanol–water partition coefficient (Wildman–Crippen LogP) is 5.32. The Balaban J connectivity index is 1.54. The second-order valence-corrected chi connectivity index (χ2v) is 9.26. The van der Waals surface area contributed by atoms with Crippen LogP contribution in [-0.4, -0.2) is 42.5 Å². The van der Waals surface area contributed by atoms with Crippen LogP contribution in [-0.2, 0) is 4.74 Å². The third-order valence-corrected chi connectivity index (χ3v) is 7.21. The molecule has 0 bridgehead atoms. The minimum absolute atomic E-state index is 0.0636. The van der Waals surface area contributed by atoms with Crippen molar-refractivity contribution < 1.29 is 9.84 Å². The fraction of sp³-hybridized carbons (Fsp3) is 0.250. The molecule has 1 N–H and O–H groups in total. The van der Waals surface area contributed by atoms with Gasteiger partial charge in [-0.2, -0.15) is 0 Å². The van der Waals surface area contributed by atoms with E-state index < -0.39 is 6.23 Å². The van der Waals surface area contributed by atoms with Gasteiger partial charge in [0.15, 0.2) is 0 Å². The molecule has 1 heterocycles. The maximum Gasteiger partial charge on any atom is 0.124 e. The van der Waals surface area contributed by atoms with Crippen LogP contribution in [0.4, 0.5) is 0 Å². The Kier molecular flexibility index (Phi) is 7.30. The molecule has 2 atom stereocenters. The molecule has 29 heavy (non-hydrogen) atoms. The quantitative estimate of drug-likeness (QED) is 0.520. The summed E-state index contributed by atoms with van der Waals surface area (Å²) in [6.45, 7) is 2.86. The molecule has 0 amide bonds. The van der Waals surface area contributed by atoms with E-state index in [0.717, 1.165) is 23.5 Å². The summed E-state index contributed by atoms with van der Waals surface area (Å²) in [7, 11) is 0. The summed E-state index contributed by atoms with van der Waals surface area (Å²) in [4.78, 5) is 5.71. The van der Waals surface area contributed by atoms with Gasteiger partial charge in [0.1, 0.15) is 6.23 Å². The Morgan fingerprint density at radius 2 is 1.28 bits per heavy atom. The van der Waals surface area contributed by atoms with Crippen molar-refractivity contribution in [2.75, 3.05) is 26.3 Å². The fourth-order valence-corrected chi connectivity index (χ4v) is 5.36. The van der Waals surface area contributed by atoms with Crippen molar-refractivity contribution in [3.05, 3.63) is 90.5 Å². The summed E-state index contributed by atoms with van der Waals surface area (Å²) in [5.41, 5.74) is 1.13. The number of aliphatic hydroxyl groups excluding tert-OH is 1. The number of benzene rings is 3. The van der Waals surface area contributed by atoms with E-state index in [1.54, 1.807) is 23.5 Å². The number of rotatable bonds is 7. The topological polar surface area (TPSA) is 32.7 Å². The van der Waals surface area contributed by atoms with Gasteiger partial charge in [-0.05, 0) is 42.0 Å². The zero-order valence-electron chi connectivity index (χ0n) is 16.2. The van der Waals surface area contributed by atoms with E-state index in [2.05, 4.69) is 65.6 Å². The van der Waals surface area contributed by atoms with E-state index in [9.17, 15) is 5.11 Å². The van der Waals surface area contributed by atoms with E-state index in [0.29, 0.717) is 13.2 Å². The highest BCUT2D eigenvalue weighted by atomic mass is 32.2. The maximum atomic E-state index is 11.2. The number of morpholine rings is 1. The maximum absolute atomic E-state index is 11.2. The summed E-state index contributed by atoms with van der Waals surface area (Å²) in [5.74, 6) is 0. The normalized spacial score (nSPS) is 17.0. The molecule has 3 nitrogen and oxygen atoms in total. The average Bonchev–Trinajstić information content (AvgIpc) is 2.80. The highest BCUT2D eigenvalue weighted by molar-refractivity contribution is 7.99. The zero-order valence-corrected chi connectivity index (χ0v) is 17.8. The first-order valence-corrected chi connectivity index (χ1v) is 11.5. The third kappa shape index (κ3) is 5.65. The van der Waals surface area contributed by atoms with Gasteiger partial charge in [0.2, 0.25) is 0 Å². The molecule has 5 heteroatoms. The lowest BCUT2D eigenvalue weighted by Gasteiger charge is -2.35. The average molecular weight is 424 g/mol. The second-order valence-electron chi connectivity index (χ2n) is 6.90. The largest absolute Gasteiger partial charge is 0.379 e. The van der Waals surface area contributed by atoms with Crippen LogP contribution in [0, 0.1) is 0 Å². The molecule has 1 fully saturated rings. The highest BCUT2D eigenvalue weighted by Crippen LogP contribution is 2.40. The summed E-state index contributed by atoms with van der Waals surface area (Å²) in [6, 6.07) is 29.3. The number of thioether (sulfide) groups is 1. The van der Waals surface area contributed by atoms with Crippen LogP contribution in [0.5, 0.6) is 0 Å². The number of ether oxygens (including phenoxy) is 1. The van der Waals surface area contributed by atoms with Crippen molar-refractivity contribution in [2.45, 2.75) is 26.2 Å². The Bertz CT molecular complexity index is 868. The van der Waals surface area contributed by atoms with Gasteiger partial charge in [0, 0.05) is 27.8 Å². The van der Waals surface area contributed by atoms with Gasteiger partial charge in [-0.25, -0.2) is 0 Å². The first-order valence-electron chi connectivity index (χ1n) is 9.84. The predicted molar refractivity (Wildman–Crippen MR) is 120 cm³/mol. The van der Waals surface area contributed by atoms with Gasteiger partial charge < -0.3 is 9.84 Å². The number of aliphatic hydroxyl groups is 1. The first kappa shape index (κ1) is 20.5. The molecule has 0 aromatic heterocycles. The molecule has 1 aliphatic rings. The van der Waals surface area contributed by atoms with Crippen LogP contribution in [0.15, 0.2) is 99.6 Å². The monoisotopic (exact) mass is 423 g/mol. The molecule has 0 spiro atoms. The Labute approximate surface area is 181 Å². The minimum Gasteiger partial charge on any atom is -0.379 e. The summed E-state index contributed by atoms with van der Waals surface area (Å²) in [6.07, 6.45) is -0.559. The molecule has 1 saturated heterocycles. The van der Waals surface area contributed by atoms with E-state index in [4.69, 9.17) is 4.74 Å². The lowest BCUT2D eigenvalue weighted by atomic mass is 10.1. The minimum atomic E-state index is -0.559. The van der Waals surface area contributed by atoms with Crippen molar-refractivity contribution in [2.24, 2.45) is 0 Å². The van der Waals surface area contributed by atoms with Gasteiger partial charge in [-0.1, -0.05) is 60.3 Å². The number of hydrogen-bond donors (Lipinski definition) is 1. The van der Waals surface area contributed by atoms with Crippen LogP contribution in [0.3, 0.4) is 0 Å². The van der Waals surface area contributed by atoms with Gasteiger partial charge >= 0.3 is 0 Å². The number of hydrogen-bond acceptors (Lipinski definition) is 5. The van der Waals surface area contributed by atoms with Crippen molar-refractivity contribution in [3.8, 4) is 0 Å². The molecular weight excluding hydrogens is 398 g/mol.